The van der Waals surface area contributed by atoms with Gasteiger partial charge in [-0.3, -0.25) is 4.79 Å². The molecular formula is C54H105NO4. The Hall–Kier alpha value is -1.17. The molecule has 3 unspecified atom stereocenters. The van der Waals surface area contributed by atoms with Crippen molar-refractivity contribution in [3.63, 3.8) is 0 Å². The average molecular weight is 832 g/mol. The topological polar surface area (TPSA) is 89.8 Å². The van der Waals surface area contributed by atoms with Crippen LogP contribution in [-0.2, 0) is 4.79 Å². The molecule has 0 bridgehead atoms. The number of carbonyl (C=O) groups excluding carboxylic acids is 1. The van der Waals surface area contributed by atoms with E-state index < -0.39 is 18.2 Å². The molecule has 4 N–H and O–H groups in total. The summed E-state index contributed by atoms with van der Waals surface area (Å²) in [7, 11) is 0. The van der Waals surface area contributed by atoms with Crippen molar-refractivity contribution in [2.75, 3.05) is 6.61 Å². The Balaban J connectivity index is 3.59. The lowest BCUT2D eigenvalue weighted by Crippen LogP contribution is -2.50. The summed E-state index contributed by atoms with van der Waals surface area (Å²) in [6, 6.07) is -0.827. The zero-order valence-corrected chi connectivity index (χ0v) is 39.9. The highest BCUT2D eigenvalue weighted by atomic mass is 16.3. The third-order valence-electron chi connectivity index (χ3n) is 12.5. The minimum Gasteiger partial charge on any atom is -0.394 e. The molecule has 0 fully saturated rings. The van der Waals surface area contributed by atoms with Crippen LogP contribution in [0.4, 0.5) is 0 Å². The molecule has 0 aliphatic heterocycles. The van der Waals surface area contributed by atoms with Gasteiger partial charge in [0.05, 0.1) is 18.8 Å². The maximum atomic E-state index is 12.5. The molecule has 5 heteroatoms. The molecule has 350 valence electrons. The van der Waals surface area contributed by atoms with Crippen LogP contribution in [0.3, 0.4) is 0 Å². The lowest BCUT2D eigenvalue weighted by atomic mass is 10.0. The number of nitrogens with one attached hydrogen (secondary N) is 1. The Morgan fingerprint density at radius 2 is 0.678 bits per heavy atom. The van der Waals surface area contributed by atoms with Crippen LogP contribution in [-0.4, -0.2) is 46.1 Å². The zero-order valence-electron chi connectivity index (χ0n) is 39.9. The normalized spacial score (nSPS) is 13.5. The van der Waals surface area contributed by atoms with Gasteiger partial charge >= 0.3 is 0 Å². The highest BCUT2D eigenvalue weighted by Crippen LogP contribution is 2.17. The molecule has 1 amide bonds. The fourth-order valence-electron chi connectivity index (χ4n) is 8.40. The second kappa shape index (κ2) is 49.5. The number of hydrogen-bond acceptors (Lipinski definition) is 4. The van der Waals surface area contributed by atoms with Crippen LogP contribution in [0.25, 0.3) is 0 Å². The molecule has 0 aromatic carbocycles. The summed E-state index contributed by atoms with van der Waals surface area (Å²) in [4.78, 5) is 12.5. The number of hydrogen-bond donors (Lipinski definition) is 4. The molecule has 0 heterocycles. The van der Waals surface area contributed by atoms with Gasteiger partial charge in [-0.15, -0.1) is 0 Å². The van der Waals surface area contributed by atoms with Crippen molar-refractivity contribution >= 4 is 5.91 Å². The molecule has 0 aliphatic rings. The van der Waals surface area contributed by atoms with Crippen LogP contribution in [0, 0.1) is 0 Å². The Kier molecular flexibility index (Phi) is 48.5. The Bertz CT molecular complexity index is 874. The largest absolute Gasteiger partial charge is 0.394 e. The Labute approximate surface area is 369 Å². The maximum Gasteiger partial charge on any atom is 0.220 e. The van der Waals surface area contributed by atoms with E-state index in [-0.39, 0.29) is 12.5 Å². The third-order valence-corrected chi connectivity index (χ3v) is 12.5. The standard InChI is InChI=1S/C54H105NO4/c1-3-5-7-9-11-13-15-17-19-21-23-25-26-27-29-30-32-34-36-38-40-42-44-46-48-52(57)54(59)51(50-56)55-53(58)49-47-45-43-41-39-37-35-33-31-28-24-22-20-18-16-14-12-10-8-6-4-2/h28,31,40,42,51-52,54,56-57,59H,3-27,29-30,32-39,41,43-50H2,1-2H3,(H,55,58)/b31-28-,42-40+. The first kappa shape index (κ1) is 57.8. The van der Waals surface area contributed by atoms with Gasteiger partial charge in [0.15, 0.2) is 0 Å². The van der Waals surface area contributed by atoms with Crippen LogP contribution in [0.5, 0.6) is 0 Å². The number of aliphatic hydroxyl groups excluding tert-OH is 3. The van der Waals surface area contributed by atoms with E-state index >= 15 is 0 Å². The average Bonchev–Trinajstić information content (AvgIpc) is 3.24. The summed E-state index contributed by atoms with van der Waals surface area (Å²) in [6.45, 7) is 4.20. The molecular weight excluding hydrogens is 727 g/mol. The molecule has 0 aromatic rings. The monoisotopic (exact) mass is 832 g/mol. The lowest BCUT2D eigenvalue weighted by Gasteiger charge is -2.26. The molecule has 5 nitrogen and oxygen atoms in total. The van der Waals surface area contributed by atoms with Crippen LogP contribution in [0.2, 0.25) is 0 Å². The molecule has 0 radical (unpaired) electrons. The van der Waals surface area contributed by atoms with Crippen LogP contribution >= 0.6 is 0 Å². The van der Waals surface area contributed by atoms with E-state index in [2.05, 4.69) is 43.5 Å². The Morgan fingerprint density at radius 1 is 0.407 bits per heavy atom. The molecule has 0 saturated heterocycles. The smallest absolute Gasteiger partial charge is 0.220 e. The van der Waals surface area contributed by atoms with Gasteiger partial charge < -0.3 is 20.6 Å². The van der Waals surface area contributed by atoms with E-state index in [1.807, 2.05) is 0 Å². The summed E-state index contributed by atoms with van der Waals surface area (Å²) in [5, 5.41) is 33.7. The minimum atomic E-state index is -1.16. The van der Waals surface area contributed by atoms with Crippen molar-refractivity contribution in [1.82, 2.24) is 5.32 Å². The molecule has 0 spiro atoms. The second-order valence-corrected chi connectivity index (χ2v) is 18.4. The van der Waals surface area contributed by atoms with Crippen molar-refractivity contribution in [2.24, 2.45) is 0 Å². The Morgan fingerprint density at radius 3 is 0.983 bits per heavy atom. The van der Waals surface area contributed by atoms with E-state index in [1.54, 1.807) is 0 Å². The van der Waals surface area contributed by atoms with E-state index in [9.17, 15) is 20.1 Å². The first-order valence-corrected chi connectivity index (χ1v) is 26.6. The van der Waals surface area contributed by atoms with Crippen LogP contribution in [0.1, 0.15) is 290 Å². The summed E-state index contributed by atoms with van der Waals surface area (Å²) in [6.07, 6.45) is 61.8. The summed E-state index contributed by atoms with van der Waals surface area (Å²) >= 11 is 0. The third kappa shape index (κ3) is 44.7. The first-order chi connectivity index (χ1) is 29.1. The molecule has 0 saturated carbocycles. The predicted octanol–water partition coefficient (Wildman–Crippen LogP) is 16.1. The second-order valence-electron chi connectivity index (χ2n) is 18.4. The van der Waals surface area contributed by atoms with Gasteiger partial charge in [-0.1, -0.05) is 244 Å². The molecule has 59 heavy (non-hydrogen) atoms. The predicted molar refractivity (Wildman–Crippen MR) is 259 cm³/mol. The van der Waals surface area contributed by atoms with Gasteiger partial charge in [0.2, 0.25) is 5.91 Å². The van der Waals surface area contributed by atoms with Crippen molar-refractivity contribution in [3.05, 3.63) is 24.3 Å². The van der Waals surface area contributed by atoms with Crippen molar-refractivity contribution in [1.29, 1.82) is 0 Å². The fraction of sp³-hybridized carbons (Fsp3) is 0.907. The number of allylic oxidation sites excluding steroid dienone is 4. The molecule has 0 rings (SSSR count). The van der Waals surface area contributed by atoms with Gasteiger partial charge in [0, 0.05) is 6.42 Å². The lowest BCUT2D eigenvalue weighted by molar-refractivity contribution is -0.124. The SMILES string of the molecule is CCCCCCCCCCCC/C=C\CCCCCCCCCC(=O)NC(CO)C(O)C(O)CCC/C=C/CCCCCCCCCCCCCCCCCCCCC. The zero-order chi connectivity index (χ0) is 43.0. The van der Waals surface area contributed by atoms with Gasteiger partial charge in [0.1, 0.15) is 6.10 Å². The van der Waals surface area contributed by atoms with Gasteiger partial charge in [0.25, 0.3) is 0 Å². The van der Waals surface area contributed by atoms with Gasteiger partial charge in [-0.25, -0.2) is 0 Å². The number of carbonyl (C=O) groups is 1. The van der Waals surface area contributed by atoms with Crippen LogP contribution in [0.15, 0.2) is 24.3 Å². The number of aliphatic hydroxyl groups is 3. The molecule has 3 atom stereocenters. The highest BCUT2D eigenvalue weighted by Gasteiger charge is 2.26. The molecule has 0 aromatic heterocycles. The van der Waals surface area contributed by atoms with E-state index in [1.165, 1.54) is 225 Å². The van der Waals surface area contributed by atoms with E-state index in [0.29, 0.717) is 12.8 Å². The van der Waals surface area contributed by atoms with Crippen molar-refractivity contribution in [2.45, 2.75) is 308 Å². The summed E-state index contributed by atoms with van der Waals surface area (Å²) in [5.41, 5.74) is 0. The number of amides is 1. The quantitative estimate of drug-likeness (QED) is 0.0363. The minimum absolute atomic E-state index is 0.155. The maximum absolute atomic E-state index is 12.5. The van der Waals surface area contributed by atoms with Crippen LogP contribution < -0.4 is 5.32 Å². The number of rotatable bonds is 49. The van der Waals surface area contributed by atoms with Gasteiger partial charge in [-0.05, 0) is 64.2 Å². The molecule has 0 aliphatic carbocycles. The van der Waals surface area contributed by atoms with E-state index in [0.717, 1.165) is 38.5 Å². The van der Waals surface area contributed by atoms with Gasteiger partial charge in [-0.2, -0.15) is 0 Å². The fourth-order valence-corrected chi connectivity index (χ4v) is 8.40. The summed E-state index contributed by atoms with van der Waals surface area (Å²) < 4.78 is 0. The highest BCUT2D eigenvalue weighted by molar-refractivity contribution is 5.76. The summed E-state index contributed by atoms with van der Waals surface area (Å²) in [5.74, 6) is -0.155. The number of unbranched alkanes of at least 4 members (excludes halogenated alkanes) is 37. The first-order valence-electron chi connectivity index (χ1n) is 26.6. The van der Waals surface area contributed by atoms with Crippen molar-refractivity contribution < 1.29 is 20.1 Å². The van der Waals surface area contributed by atoms with Crippen molar-refractivity contribution in [3.8, 4) is 0 Å². The van der Waals surface area contributed by atoms with E-state index in [4.69, 9.17) is 0 Å².